The van der Waals surface area contributed by atoms with Gasteiger partial charge in [0.05, 0.1) is 11.9 Å². The van der Waals surface area contributed by atoms with E-state index in [1.54, 1.807) is 12.4 Å². The molecule has 1 amide bonds. The van der Waals surface area contributed by atoms with Gasteiger partial charge in [-0.3, -0.25) is 14.9 Å². The molecular weight excluding hydrogens is 368 g/mol. The molecule has 7 nitrogen and oxygen atoms in total. The van der Waals surface area contributed by atoms with Gasteiger partial charge in [-0.05, 0) is 41.5 Å². The van der Waals surface area contributed by atoms with Crippen molar-refractivity contribution >= 4 is 22.6 Å². The Balaban J connectivity index is 1.36. The lowest BCUT2D eigenvalue weighted by atomic mass is 10.1. The monoisotopic (exact) mass is 386 g/mol. The number of H-pyrrole nitrogens is 1. The molecule has 0 radical (unpaired) electrons. The van der Waals surface area contributed by atoms with Gasteiger partial charge in [0, 0.05) is 23.3 Å². The number of pyridine rings is 1. The summed E-state index contributed by atoms with van der Waals surface area (Å²) < 4.78 is 11.1. The van der Waals surface area contributed by atoms with Gasteiger partial charge in [-0.25, -0.2) is 0 Å². The summed E-state index contributed by atoms with van der Waals surface area (Å²) in [7, 11) is 0. The first-order valence-electron chi connectivity index (χ1n) is 9.33. The third-order valence-corrected chi connectivity index (χ3v) is 4.79. The van der Waals surface area contributed by atoms with Crippen LogP contribution in [0.15, 0.2) is 60.9 Å². The fourth-order valence-corrected chi connectivity index (χ4v) is 3.38. The highest BCUT2D eigenvalue weighted by molar-refractivity contribution is 6.01. The van der Waals surface area contributed by atoms with E-state index < -0.39 is 0 Å². The molecule has 3 heterocycles. The van der Waals surface area contributed by atoms with Gasteiger partial charge in [0.15, 0.2) is 17.3 Å². The number of rotatable bonds is 4. The van der Waals surface area contributed by atoms with Crippen LogP contribution in [0.5, 0.6) is 11.5 Å². The number of carbonyl (C=O) groups is 1. The highest BCUT2D eigenvalue weighted by Gasteiger charge is 2.15. The van der Waals surface area contributed by atoms with Crippen molar-refractivity contribution in [3.05, 3.63) is 66.5 Å². The maximum Gasteiger partial charge on any atom is 0.230 e. The Morgan fingerprint density at radius 3 is 2.79 bits per heavy atom. The SMILES string of the molecule is O=C(Cc1ccc2c(c1)OCCO2)Nc1n[nH]c2ccc(-c3cccnc3)cc12. The molecule has 0 spiro atoms. The molecule has 4 aromatic rings. The third-order valence-electron chi connectivity index (χ3n) is 4.79. The first kappa shape index (κ1) is 17.2. The molecule has 0 unspecified atom stereocenters. The number of amides is 1. The number of anilines is 1. The zero-order chi connectivity index (χ0) is 19.6. The summed E-state index contributed by atoms with van der Waals surface area (Å²) in [6, 6.07) is 15.4. The number of nitrogens with one attached hydrogen (secondary N) is 2. The van der Waals surface area contributed by atoms with Crippen LogP contribution in [0.25, 0.3) is 22.0 Å². The number of nitrogens with zero attached hydrogens (tertiary/aromatic N) is 2. The quantitative estimate of drug-likeness (QED) is 0.560. The first-order chi connectivity index (χ1) is 14.3. The van der Waals surface area contributed by atoms with Gasteiger partial charge in [0.1, 0.15) is 13.2 Å². The first-order valence-corrected chi connectivity index (χ1v) is 9.33. The number of hydrogen-bond donors (Lipinski definition) is 2. The molecule has 29 heavy (non-hydrogen) atoms. The van der Waals surface area contributed by atoms with E-state index in [0.29, 0.717) is 30.5 Å². The van der Waals surface area contributed by atoms with Crippen molar-refractivity contribution in [2.75, 3.05) is 18.5 Å². The summed E-state index contributed by atoms with van der Waals surface area (Å²) >= 11 is 0. The molecule has 5 rings (SSSR count). The molecule has 2 N–H and O–H groups in total. The molecule has 0 bridgehead atoms. The van der Waals surface area contributed by atoms with Gasteiger partial charge in [0.25, 0.3) is 0 Å². The Morgan fingerprint density at radius 1 is 1.03 bits per heavy atom. The lowest BCUT2D eigenvalue weighted by Crippen LogP contribution is -2.17. The summed E-state index contributed by atoms with van der Waals surface area (Å²) in [6.45, 7) is 1.06. The summed E-state index contributed by atoms with van der Waals surface area (Å²) in [5.41, 5.74) is 3.72. The highest BCUT2D eigenvalue weighted by atomic mass is 16.6. The molecule has 2 aromatic carbocycles. The van der Waals surface area contributed by atoms with Gasteiger partial charge < -0.3 is 14.8 Å². The van der Waals surface area contributed by atoms with Gasteiger partial charge >= 0.3 is 0 Å². The minimum atomic E-state index is -0.151. The minimum Gasteiger partial charge on any atom is -0.486 e. The molecule has 0 saturated heterocycles. The van der Waals surface area contributed by atoms with E-state index in [1.165, 1.54) is 0 Å². The van der Waals surface area contributed by atoms with E-state index in [4.69, 9.17) is 9.47 Å². The molecule has 1 aliphatic rings. The van der Waals surface area contributed by atoms with Crippen LogP contribution in [0.3, 0.4) is 0 Å². The van der Waals surface area contributed by atoms with Gasteiger partial charge in [-0.15, -0.1) is 0 Å². The number of hydrogen-bond acceptors (Lipinski definition) is 5. The Hall–Kier alpha value is -3.87. The predicted molar refractivity (Wildman–Crippen MR) is 109 cm³/mol. The van der Waals surface area contributed by atoms with Gasteiger partial charge in [-0.2, -0.15) is 5.10 Å². The Morgan fingerprint density at radius 2 is 1.93 bits per heavy atom. The molecule has 2 aromatic heterocycles. The van der Waals surface area contributed by atoms with Crippen LogP contribution in [0.1, 0.15) is 5.56 Å². The average Bonchev–Trinajstić information content (AvgIpc) is 3.16. The summed E-state index contributed by atoms with van der Waals surface area (Å²) in [5.74, 6) is 1.74. The zero-order valence-electron chi connectivity index (χ0n) is 15.5. The molecular formula is C22H18N4O3. The second kappa shape index (κ2) is 7.27. The van der Waals surface area contributed by atoms with Crippen LogP contribution in [-0.2, 0) is 11.2 Å². The van der Waals surface area contributed by atoms with E-state index in [1.807, 2.05) is 48.5 Å². The summed E-state index contributed by atoms with van der Waals surface area (Å²) in [6.07, 6.45) is 3.76. The average molecular weight is 386 g/mol. The normalized spacial score (nSPS) is 12.7. The molecule has 0 aliphatic carbocycles. The van der Waals surface area contributed by atoms with Crippen LogP contribution < -0.4 is 14.8 Å². The van der Waals surface area contributed by atoms with Gasteiger partial charge in [-0.1, -0.05) is 18.2 Å². The van der Waals surface area contributed by atoms with Crippen LogP contribution in [-0.4, -0.2) is 34.3 Å². The van der Waals surface area contributed by atoms with Gasteiger partial charge in [0.2, 0.25) is 5.91 Å². The topological polar surface area (TPSA) is 89.1 Å². The second-order valence-electron chi connectivity index (χ2n) is 6.78. The number of fused-ring (bicyclic) bond motifs is 2. The maximum atomic E-state index is 12.6. The summed E-state index contributed by atoms with van der Waals surface area (Å²) in [5, 5.41) is 11.0. The highest BCUT2D eigenvalue weighted by Crippen LogP contribution is 2.31. The van der Waals surface area contributed by atoms with E-state index in [9.17, 15) is 4.79 Å². The second-order valence-corrected chi connectivity index (χ2v) is 6.78. The Kier molecular flexibility index (Phi) is 4.32. The molecule has 0 fully saturated rings. The number of benzene rings is 2. The van der Waals surface area contributed by atoms with Crippen LogP contribution in [0.4, 0.5) is 5.82 Å². The fourth-order valence-electron chi connectivity index (χ4n) is 3.38. The smallest absolute Gasteiger partial charge is 0.230 e. The van der Waals surface area contributed by atoms with Crippen molar-refractivity contribution in [1.29, 1.82) is 0 Å². The number of ether oxygens (including phenoxy) is 2. The molecule has 7 heteroatoms. The zero-order valence-corrected chi connectivity index (χ0v) is 15.5. The van der Waals surface area contributed by atoms with Crippen LogP contribution in [0, 0.1) is 0 Å². The molecule has 0 saturated carbocycles. The number of aromatic nitrogens is 3. The van der Waals surface area contributed by atoms with Crippen LogP contribution >= 0.6 is 0 Å². The van der Waals surface area contributed by atoms with Crippen molar-refractivity contribution in [2.24, 2.45) is 0 Å². The predicted octanol–water partition coefficient (Wildman–Crippen LogP) is 3.58. The summed E-state index contributed by atoms with van der Waals surface area (Å²) in [4.78, 5) is 16.8. The van der Waals surface area contributed by atoms with Crippen molar-refractivity contribution in [3.8, 4) is 22.6 Å². The Labute approximate surface area is 166 Å². The van der Waals surface area contributed by atoms with E-state index in [2.05, 4.69) is 20.5 Å². The van der Waals surface area contributed by atoms with E-state index in [-0.39, 0.29) is 12.3 Å². The van der Waals surface area contributed by atoms with Crippen molar-refractivity contribution in [1.82, 2.24) is 15.2 Å². The third kappa shape index (κ3) is 3.50. The largest absolute Gasteiger partial charge is 0.486 e. The lowest BCUT2D eigenvalue weighted by Gasteiger charge is -2.18. The molecule has 144 valence electrons. The standard InChI is InChI=1S/C22H18N4O3/c27-21(11-14-3-6-19-20(10-14)29-9-8-28-19)24-22-17-12-15(4-5-18(17)25-26-22)16-2-1-7-23-13-16/h1-7,10,12-13H,8-9,11H2,(H2,24,25,26,27). The van der Waals surface area contributed by atoms with Crippen molar-refractivity contribution in [3.63, 3.8) is 0 Å². The van der Waals surface area contributed by atoms with Crippen molar-refractivity contribution in [2.45, 2.75) is 6.42 Å². The fraction of sp³-hybridized carbons (Fsp3) is 0.136. The van der Waals surface area contributed by atoms with E-state index in [0.717, 1.165) is 27.6 Å². The Bertz CT molecular complexity index is 1190. The lowest BCUT2D eigenvalue weighted by molar-refractivity contribution is -0.115. The maximum absolute atomic E-state index is 12.6. The number of carbonyl (C=O) groups excluding carboxylic acids is 1. The number of aromatic amines is 1. The minimum absolute atomic E-state index is 0.151. The molecule has 1 aliphatic heterocycles. The van der Waals surface area contributed by atoms with Crippen LogP contribution in [0.2, 0.25) is 0 Å². The molecule has 0 atom stereocenters. The van der Waals surface area contributed by atoms with Crippen molar-refractivity contribution < 1.29 is 14.3 Å². The van der Waals surface area contributed by atoms with E-state index >= 15 is 0 Å².